The summed E-state index contributed by atoms with van der Waals surface area (Å²) in [5.74, 6) is 0.115. The molecule has 0 bridgehead atoms. The number of aryl methyl sites for hydroxylation is 1. The normalized spacial score (nSPS) is 14.4. The first-order valence-corrected chi connectivity index (χ1v) is 13.5. The van der Waals surface area contributed by atoms with Gasteiger partial charge in [0, 0.05) is 64.7 Å². The zero-order valence-electron chi connectivity index (χ0n) is 22.8. The first-order chi connectivity index (χ1) is 18.3. The first kappa shape index (κ1) is 26.1. The average molecular weight is 509 g/mol. The fourth-order valence-corrected chi connectivity index (χ4v) is 5.56. The number of carbonyl (C=O) groups is 2. The van der Waals surface area contributed by atoms with E-state index in [9.17, 15) is 9.59 Å². The van der Waals surface area contributed by atoms with Gasteiger partial charge in [0.15, 0.2) is 11.6 Å². The van der Waals surface area contributed by atoms with Crippen LogP contribution >= 0.6 is 0 Å². The van der Waals surface area contributed by atoms with E-state index >= 15 is 0 Å². The van der Waals surface area contributed by atoms with Gasteiger partial charge in [-0.05, 0) is 76.1 Å². The molecule has 196 valence electrons. The second-order valence-electron chi connectivity index (χ2n) is 10.6. The Hall–Kier alpha value is -3.54. The van der Waals surface area contributed by atoms with Crippen LogP contribution < -0.4 is 0 Å². The third-order valence-corrected chi connectivity index (χ3v) is 7.85. The molecule has 0 atom stereocenters. The zero-order valence-corrected chi connectivity index (χ0v) is 22.8. The molecule has 0 spiro atoms. The van der Waals surface area contributed by atoms with Gasteiger partial charge in [-0.25, -0.2) is 0 Å². The second-order valence-corrected chi connectivity index (χ2v) is 10.6. The largest absolute Gasteiger partial charge is 0.380 e. The van der Waals surface area contributed by atoms with Crippen LogP contribution in [0.25, 0.3) is 21.8 Å². The summed E-state index contributed by atoms with van der Waals surface area (Å²) >= 11 is 0. The van der Waals surface area contributed by atoms with Crippen LogP contribution in [0.15, 0.2) is 72.8 Å². The number of carbonyl (C=O) groups excluding carboxylic acids is 2. The van der Waals surface area contributed by atoms with Gasteiger partial charge in [-0.2, -0.15) is 0 Å². The predicted octanol–water partition coefficient (Wildman–Crippen LogP) is 6.59. The van der Waals surface area contributed by atoms with Crippen molar-refractivity contribution in [3.63, 3.8) is 0 Å². The summed E-state index contributed by atoms with van der Waals surface area (Å²) in [5.41, 5.74) is 4.46. The van der Waals surface area contributed by atoms with Crippen molar-refractivity contribution in [2.45, 2.75) is 46.2 Å². The van der Waals surface area contributed by atoms with Crippen molar-refractivity contribution in [3.05, 3.63) is 95.1 Å². The minimum atomic E-state index is -0.613. The third-order valence-electron chi connectivity index (χ3n) is 7.85. The minimum absolute atomic E-state index is 0.00624. The highest BCUT2D eigenvalue weighted by Gasteiger charge is 2.35. The molecule has 0 saturated carbocycles. The third kappa shape index (κ3) is 4.72. The topological polar surface area (TPSA) is 51.5 Å². The molecule has 0 radical (unpaired) electrons. The number of benzene rings is 3. The highest BCUT2D eigenvalue weighted by molar-refractivity contribution is 6.16. The lowest BCUT2D eigenvalue weighted by molar-refractivity contribution is 0.0666. The van der Waals surface area contributed by atoms with Crippen LogP contribution in [0, 0.1) is 6.92 Å². The van der Waals surface area contributed by atoms with E-state index < -0.39 is 5.54 Å². The molecule has 1 aliphatic heterocycles. The van der Waals surface area contributed by atoms with E-state index in [1.807, 2.05) is 88.4 Å². The zero-order chi connectivity index (χ0) is 26.9. The molecule has 3 aromatic carbocycles. The molecule has 0 amide bonds. The second kappa shape index (κ2) is 10.7. The Kier molecular flexibility index (Phi) is 7.33. The Labute approximate surface area is 224 Å². The number of hydrogen-bond donors (Lipinski definition) is 0. The van der Waals surface area contributed by atoms with Gasteiger partial charge in [0.1, 0.15) is 0 Å². The van der Waals surface area contributed by atoms with Crippen LogP contribution in [0.3, 0.4) is 0 Å². The smallest absolute Gasteiger partial charge is 0.193 e. The average Bonchev–Trinajstić information content (AvgIpc) is 3.25. The van der Waals surface area contributed by atoms with Crippen LogP contribution in [0.4, 0.5) is 0 Å². The van der Waals surface area contributed by atoms with E-state index in [1.165, 1.54) is 0 Å². The molecule has 1 aromatic heterocycles. The van der Waals surface area contributed by atoms with E-state index in [4.69, 9.17) is 4.74 Å². The van der Waals surface area contributed by atoms with Gasteiger partial charge in [-0.15, -0.1) is 0 Å². The molecule has 0 fully saturated rings. The van der Waals surface area contributed by atoms with Crippen LogP contribution in [0.5, 0.6) is 0 Å². The standard InChI is InChI=1S/C33H36N2O3/c1-5-38-20-19-35-29-15-13-24(31(36)26-12-8-7-11-23(26)2)21-27(29)28-22-25(14-16-30(28)35)32(37)33(3,4)34-17-9-6-10-18-34/h6-9,11-16,21-22H,5,10,17-20H2,1-4H3. The van der Waals surface area contributed by atoms with E-state index in [0.29, 0.717) is 36.4 Å². The monoisotopic (exact) mass is 508 g/mol. The van der Waals surface area contributed by atoms with Gasteiger partial charge < -0.3 is 9.30 Å². The van der Waals surface area contributed by atoms with Crippen LogP contribution in [-0.4, -0.2) is 52.9 Å². The Bertz CT molecular complexity index is 1540. The lowest BCUT2D eigenvalue weighted by Gasteiger charge is -2.38. The lowest BCUT2D eigenvalue weighted by atomic mass is 9.89. The summed E-state index contributed by atoms with van der Waals surface area (Å²) in [6.07, 6.45) is 5.28. The Balaban J connectivity index is 1.62. The minimum Gasteiger partial charge on any atom is -0.380 e. The van der Waals surface area contributed by atoms with Gasteiger partial charge in [0.05, 0.1) is 12.1 Å². The summed E-state index contributed by atoms with van der Waals surface area (Å²) in [6, 6.07) is 19.6. The van der Waals surface area contributed by atoms with Crippen molar-refractivity contribution in [3.8, 4) is 0 Å². The van der Waals surface area contributed by atoms with E-state index in [2.05, 4.69) is 21.6 Å². The van der Waals surface area contributed by atoms with Gasteiger partial charge in [-0.3, -0.25) is 14.5 Å². The lowest BCUT2D eigenvalue weighted by Crippen LogP contribution is -2.51. The van der Waals surface area contributed by atoms with Crippen molar-refractivity contribution in [2.75, 3.05) is 26.3 Å². The molecule has 5 heteroatoms. The summed E-state index contributed by atoms with van der Waals surface area (Å²) in [4.78, 5) is 29.5. The molecular formula is C33H36N2O3. The van der Waals surface area contributed by atoms with Gasteiger partial charge in [0.2, 0.25) is 0 Å². The number of hydrogen-bond acceptors (Lipinski definition) is 4. The van der Waals surface area contributed by atoms with E-state index in [-0.39, 0.29) is 11.6 Å². The predicted molar refractivity (Wildman–Crippen MR) is 154 cm³/mol. The van der Waals surface area contributed by atoms with E-state index in [1.54, 1.807) is 0 Å². The number of ketones is 2. The maximum atomic E-state index is 13.8. The van der Waals surface area contributed by atoms with Crippen LogP contribution in [-0.2, 0) is 11.3 Å². The fourth-order valence-electron chi connectivity index (χ4n) is 5.56. The molecule has 4 aromatic rings. The number of ether oxygens (including phenoxy) is 1. The van der Waals surface area contributed by atoms with Gasteiger partial charge >= 0.3 is 0 Å². The van der Waals surface area contributed by atoms with Crippen molar-refractivity contribution >= 4 is 33.4 Å². The van der Waals surface area contributed by atoms with Crippen molar-refractivity contribution < 1.29 is 14.3 Å². The van der Waals surface area contributed by atoms with Crippen LogP contribution in [0.1, 0.15) is 59.0 Å². The molecule has 5 nitrogen and oxygen atoms in total. The van der Waals surface area contributed by atoms with Gasteiger partial charge in [0.25, 0.3) is 0 Å². The summed E-state index contributed by atoms with van der Waals surface area (Å²) < 4.78 is 7.90. The Morgan fingerprint density at radius 2 is 1.61 bits per heavy atom. The molecule has 2 heterocycles. The molecule has 0 unspecified atom stereocenters. The van der Waals surface area contributed by atoms with Crippen LogP contribution in [0.2, 0.25) is 0 Å². The number of rotatable bonds is 9. The number of nitrogens with zero attached hydrogens (tertiary/aromatic N) is 2. The van der Waals surface area contributed by atoms with E-state index in [0.717, 1.165) is 46.9 Å². The number of aromatic nitrogens is 1. The Morgan fingerprint density at radius 1 is 0.921 bits per heavy atom. The molecule has 1 aliphatic rings. The molecule has 38 heavy (non-hydrogen) atoms. The van der Waals surface area contributed by atoms with Crippen molar-refractivity contribution in [1.29, 1.82) is 0 Å². The SMILES string of the molecule is CCOCCn1c2ccc(C(=O)c3ccccc3C)cc2c2cc(C(=O)C(C)(C)N3CC=CCC3)ccc21. The summed E-state index contributed by atoms with van der Waals surface area (Å²) in [5, 5.41) is 1.96. The molecule has 0 saturated heterocycles. The van der Waals surface area contributed by atoms with Crippen molar-refractivity contribution in [1.82, 2.24) is 9.47 Å². The fraction of sp³-hybridized carbons (Fsp3) is 0.333. The highest BCUT2D eigenvalue weighted by Crippen LogP contribution is 2.33. The van der Waals surface area contributed by atoms with Gasteiger partial charge in [-0.1, -0.05) is 36.4 Å². The van der Waals surface area contributed by atoms with Crippen molar-refractivity contribution in [2.24, 2.45) is 0 Å². The molecule has 0 N–H and O–H groups in total. The maximum absolute atomic E-state index is 13.8. The summed E-state index contributed by atoms with van der Waals surface area (Å²) in [7, 11) is 0. The number of Topliss-reactive ketones (excluding diaryl/α,β-unsaturated/α-hetero) is 1. The first-order valence-electron chi connectivity index (χ1n) is 13.5. The molecule has 5 rings (SSSR count). The Morgan fingerprint density at radius 3 is 2.26 bits per heavy atom. The maximum Gasteiger partial charge on any atom is 0.193 e. The molecule has 0 aliphatic carbocycles. The quantitative estimate of drug-likeness (QED) is 0.145. The molecular weight excluding hydrogens is 472 g/mol. The highest BCUT2D eigenvalue weighted by atomic mass is 16.5. The number of fused-ring (bicyclic) bond motifs is 3. The summed E-state index contributed by atoms with van der Waals surface area (Å²) in [6.45, 7) is 11.6.